The van der Waals surface area contributed by atoms with Gasteiger partial charge in [-0.15, -0.1) is 12.6 Å². The number of thiol groups is 1. The number of halogens is 1. The quantitative estimate of drug-likeness (QED) is 0.532. The molecule has 0 radical (unpaired) electrons. The maximum absolute atomic E-state index is 12.3. The minimum Gasteiger partial charge on any atom is -0.505 e. The van der Waals surface area contributed by atoms with Crippen molar-refractivity contribution in [3.8, 4) is 5.75 Å². The van der Waals surface area contributed by atoms with Crippen LogP contribution >= 0.6 is 12.6 Å². The molecule has 0 aliphatic carbocycles. The van der Waals surface area contributed by atoms with Gasteiger partial charge in [-0.05, 0) is 18.2 Å². The van der Waals surface area contributed by atoms with Crippen LogP contribution in [0.3, 0.4) is 0 Å². The monoisotopic (exact) mass is 144 g/mol. The topological polar surface area (TPSA) is 20.2 Å². The summed E-state index contributed by atoms with van der Waals surface area (Å²) in [4.78, 5) is 0.505. The molecule has 1 aromatic carbocycles. The Morgan fingerprint density at radius 1 is 1.44 bits per heavy atom. The normalized spacial score (nSPS) is 9.56. The third-order valence-electron chi connectivity index (χ3n) is 0.931. The summed E-state index contributed by atoms with van der Waals surface area (Å²) in [6, 6.07) is 3.93. The molecule has 0 amide bonds. The van der Waals surface area contributed by atoms with Crippen LogP contribution in [0.1, 0.15) is 0 Å². The number of phenols is 1. The number of hydrogen-bond acceptors (Lipinski definition) is 2. The first-order valence-corrected chi connectivity index (χ1v) is 2.82. The summed E-state index contributed by atoms with van der Waals surface area (Å²) in [6.45, 7) is 0. The van der Waals surface area contributed by atoms with Crippen molar-refractivity contribution in [2.24, 2.45) is 0 Å². The van der Waals surface area contributed by atoms with Crippen molar-refractivity contribution in [2.45, 2.75) is 4.90 Å². The first-order valence-electron chi connectivity index (χ1n) is 2.37. The smallest absolute Gasteiger partial charge is 0.165 e. The van der Waals surface area contributed by atoms with Gasteiger partial charge in [0.15, 0.2) is 11.6 Å². The largest absolute Gasteiger partial charge is 0.505 e. The van der Waals surface area contributed by atoms with Crippen molar-refractivity contribution in [3.63, 3.8) is 0 Å². The third kappa shape index (κ3) is 1.36. The molecule has 9 heavy (non-hydrogen) atoms. The van der Waals surface area contributed by atoms with Gasteiger partial charge in [0.25, 0.3) is 0 Å². The third-order valence-corrected chi connectivity index (χ3v) is 1.21. The molecule has 1 N–H and O–H groups in total. The summed E-state index contributed by atoms with van der Waals surface area (Å²) in [5.74, 6) is -0.977. The van der Waals surface area contributed by atoms with E-state index in [4.69, 9.17) is 5.11 Å². The molecule has 0 atom stereocenters. The number of aromatic hydroxyl groups is 1. The maximum atomic E-state index is 12.3. The summed E-state index contributed by atoms with van der Waals surface area (Å²) in [7, 11) is 0. The van der Waals surface area contributed by atoms with E-state index in [2.05, 4.69) is 12.6 Å². The molecule has 48 valence electrons. The summed E-state index contributed by atoms with van der Waals surface area (Å²) in [6.07, 6.45) is 0. The van der Waals surface area contributed by atoms with E-state index in [0.29, 0.717) is 4.90 Å². The zero-order valence-electron chi connectivity index (χ0n) is 4.50. The van der Waals surface area contributed by atoms with Crippen molar-refractivity contribution in [3.05, 3.63) is 24.0 Å². The van der Waals surface area contributed by atoms with Gasteiger partial charge >= 0.3 is 0 Å². The number of hydrogen-bond donors (Lipinski definition) is 2. The fourth-order valence-corrected chi connectivity index (χ4v) is 0.684. The van der Waals surface area contributed by atoms with Crippen molar-refractivity contribution in [2.75, 3.05) is 0 Å². The number of rotatable bonds is 0. The average Bonchev–Trinajstić information content (AvgIpc) is 1.80. The fraction of sp³-hybridized carbons (Fsp3) is 0. The van der Waals surface area contributed by atoms with E-state index >= 15 is 0 Å². The lowest BCUT2D eigenvalue weighted by molar-refractivity contribution is 0.431. The van der Waals surface area contributed by atoms with Crippen LogP contribution in [0.25, 0.3) is 0 Å². The lowest BCUT2D eigenvalue weighted by Gasteiger charge is -1.93. The molecule has 0 unspecified atom stereocenters. The average molecular weight is 144 g/mol. The van der Waals surface area contributed by atoms with Crippen molar-refractivity contribution in [1.82, 2.24) is 0 Å². The maximum Gasteiger partial charge on any atom is 0.165 e. The van der Waals surface area contributed by atoms with Gasteiger partial charge in [-0.3, -0.25) is 0 Å². The van der Waals surface area contributed by atoms with Gasteiger partial charge in [0.1, 0.15) is 0 Å². The molecule has 0 aromatic heterocycles. The highest BCUT2D eigenvalue weighted by Gasteiger charge is 1.96. The van der Waals surface area contributed by atoms with Gasteiger partial charge in [-0.1, -0.05) is 0 Å². The summed E-state index contributed by atoms with van der Waals surface area (Å²) >= 11 is 3.85. The predicted octanol–water partition coefficient (Wildman–Crippen LogP) is 1.82. The van der Waals surface area contributed by atoms with Crippen LogP contribution in [0.15, 0.2) is 23.1 Å². The van der Waals surface area contributed by atoms with E-state index in [1.807, 2.05) is 0 Å². The van der Waals surface area contributed by atoms with E-state index < -0.39 is 5.82 Å². The number of phenolic OH excluding ortho intramolecular Hbond substituents is 1. The van der Waals surface area contributed by atoms with Crippen molar-refractivity contribution in [1.29, 1.82) is 0 Å². The lowest BCUT2D eigenvalue weighted by atomic mass is 10.3. The fourth-order valence-electron chi connectivity index (χ4n) is 0.496. The zero-order chi connectivity index (χ0) is 6.85. The highest BCUT2D eigenvalue weighted by molar-refractivity contribution is 7.80. The second-order valence-electron chi connectivity index (χ2n) is 1.64. The molecule has 1 aromatic rings. The van der Waals surface area contributed by atoms with Gasteiger partial charge in [-0.2, -0.15) is 0 Å². The van der Waals surface area contributed by atoms with Crippen LogP contribution < -0.4 is 0 Å². The van der Waals surface area contributed by atoms with Crippen LogP contribution in [0.4, 0.5) is 4.39 Å². The molecule has 0 aliphatic heterocycles. The first kappa shape index (κ1) is 6.42. The van der Waals surface area contributed by atoms with Gasteiger partial charge in [-0.25, -0.2) is 4.39 Å². The molecular weight excluding hydrogens is 139 g/mol. The molecule has 1 nitrogen and oxygen atoms in total. The standard InChI is InChI=1S/C6H5FOS/c7-5-3-4(9)1-2-6(5)8/h1-3,8-9H. The van der Waals surface area contributed by atoms with Crippen LogP contribution in [0.2, 0.25) is 0 Å². The summed E-state index contributed by atoms with van der Waals surface area (Å²) in [5, 5.41) is 8.63. The van der Waals surface area contributed by atoms with E-state index in [0.717, 1.165) is 6.07 Å². The Hall–Kier alpha value is -0.700. The van der Waals surface area contributed by atoms with E-state index in [1.54, 1.807) is 0 Å². The summed E-state index contributed by atoms with van der Waals surface area (Å²) in [5.41, 5.74) is 0. The second-order valence-corrected chi connectivity index (χ2v) is 2.15. The Labute approximate surface area is 57.5 Å². The Morgan fingerprint density at radius 3 is 2.56 bits per heavy atom. The van der Waals surface area contributed by atoms with Crippen molar-refractivity contribution < 1.29 is 9.50 Å². The molecule has 0 spiro atoms. The van der Waals surface area contributed by atoms with Crippen LogP contribution in [-0.2, 0) is 0 Å². The Kier molecular flexibility index (Phi) is 1.62. The minimum absolute atomic E-state index is 0.340. The molecule has 0 aliphatic rings. The predicted molar refractivity (Wildman–Crippen MR) is 35.3 cm³/mol. The molecule has 3 heteroatoms. The molecule has 1 rings (SSSR count). The molecule has 0 saturated carbocycles. The first-order chi connectivity index (χ1) is 4.20. The minimum atomic E-state index is -0.637. The Bertz CT molecular complexity index is 224. The number of benzene rings is 1. The molecule has 0 bridgehead atoms. The highest BCUT2D eigenvalue weighted by Crippen LogP contribution is 2.17. The van der Waals surface area contributed by atoms with Gasteiger partial charge < -0.3 is 5.11 Å². The molecule has 0 saturated heterocycles. The van der Waals surface area contributed by atoms with Crippen molar-refractivity contribution >= 4 is 12.6 Å². The van der Waals surface area contributed by atoms with Crippen LogP contribution in [0, 0.1) is 5.82 Å². The Morgan fingerprint density at radius 2 is 2.11 bits per heavy atom. The highest BCUT2D eigenvalue weighted by atomic mass is 32.1. The van der Waals surface area contributed by atoms with Crippen LogP contribution in [0.5, 0.6) is 5.75 Å². The lowest BCUT2D eigenvalue weighted by Crippen LogP contribution is -1.73. The van der Waals surface area contributed by atoms with E-state index in [-0.39, 0.29) is 5.75 Å². The molecule has 0 heterocycles. The van der Waals surface area contributed by atoms with Gasteiger partial charge in [0, 0.05) is 4.90 Å². The van der Waals surface area contributed by atoms with E-state index in [9.17, 15) is 4.39 Å². The van der Waals surface area contributed by atoms with Gasteiger partial charge in [0.05, 0.1) is 0 Å². The van der Waals surface area contributed by atoms with Gasteiger partial charge in [0.2, 0.25) is 0 Å². The van der Waals surface area contributed by atoms with Crippen LogP contribution in [-0.4, -0.2) is 5.11 Å². The molecule has 0 fully saturated rings. The summed E-state index contributed by atoms with van der Waals surface area (Å²) < 4.78 is 12.3. The Balaban J connectivity index is 3.17. The zero-order valence-corrected chi connectivity index (χ0v) is 5.40. The molecular formula is C6H5FOS. The SMILES string of the molecule is Oc1ccc(S)cc1F. The second kappa shape index (κ2) is 2.27. The van der Waals surface area contributed by atoms with E-state index in [1.165, 1.54) is 12.1 Å².